The van der Waals surface area contributed by atoms with Crippen molar-refractivity contribution in [1.29, 1.82) is 0 Å². The van der Waals surface area contributed by atoms with E-state index in [0.29, 0.717) is 12.5 Å². The molecule has 2 N–H and O–H groups in total. The third-order valence-electron chi connectivity index (χ3n) is 5.16. The van der Waals surface area contributed by atoms with Gasteiger partial charge in [-0.25, -0.2) is 0 Å². The maximum absolute atomic E-state index is 13.0. The predicted octanol–water partition coefficient (Wildman–Crippen LogP) is 5.01. The average Bonchev–Trinajstić information content (AvgIpc) is 2.70. The van der Waals surface area contributed by atoms with Gasteiger partial charge in [0, 0.05) is 12.5 Å². The van der Waals surface area contributed by atoms with E-state index in [9.17, 15) is 9.59 Å². The molecular formula is C23H40N2O2. The Labute approximate surface area is 166 Å². The zero-order chi connectivity index (χ0) is 21.0. The second kappa shape index (κ2) is 13.3. The number of rotatable bonds is 3. The molecule has 154 valence electrons. The molecule has 1 saturated heterocycles. The summed E-state index contributed by atoms with van der Waals surface area (Å²) in [5.74, 6) is 0.351. The fourth-order valence-corrected chi connectivity index (χ4v) is 3.78. The van der Waals surface area contributed by atoms with E-state index in [1.165, 1.54) is 0 Å². The van der Waals surface area contributed by atoms with E-state index in [2.05, 4.69) is 13.5 Å². The van der Waals surface area contributed by atoms with Crippen LogP contribution in [0.1, 0.15) is 73.6 Å². The molecule has 2 fully saturated rings. The monoisotopic (exact) mass is 376 g/mol. The summed E-state index contributed by atoms with van der Waals surface area (Å²) in [5, 5.41) is 0. The highest BCUT2D eigenvalue weighted by Crippen LogP contribution is 2.34. The molecule has 0 aromatic carbocycles. The Bertz CT molecular complexity index is 541. The molecule has 2 rings (SSSR count). The number of nitrogens with two attached hydrogens (primary N) is 1. The SMILES string of the molecule is C=C/C=C1\C(=C/C)CCN(C(=O)C2CCC(C)CC2)C1C(N)=O.CC.CC. The standard InChI is InChI=1S/C19H28N2O2.2C2H6/c1-4-6-16-14(5-2)11-12-21(17(16)18(20)22)19(23)15-9-7-13(3)8-10-15;2*1-2/h4-6,13,15,17H,1,7-12H2,2-3H3,(H2,20,22);2*1-2H3/b14-5-,16-6+;;. The number of carbonyl (C=O) groups excluding carboxylic acids is 2. The summed E-state index contributed by atoms with van der Waals surface area (Å²) < 4.78 is 0. The van der Waals surface area contributed by atoms with E-state index in [4.69, 9.17) is 5.73 Å². The van der Waals surface area contributed by atoms with Gasteiger partial charge in [0.25, 0.3) is 0 Å². The van der Waals surface area contributed by atoms with Crippen LogP contribution in [-0.2, 0) is 9.59 Å². The van der Waals surface area contributed by atoms with Gasteiger partial charge in [0.15, 0.2) is 0 Å². The number of hydrogen-bond acceptors (Lipinski definition) is 2. The van der Waals surface area contributed by atoms with Crippen LogP contribution in [-0.4, -0.2) is 29.3 Å². The smallest absolute Gasteiger partial charge is 0.244 e. The van der Waals surface area contributed by atoms with Gasteiger partial charge in [-0.2, -0.15) is 0 Å². The van der Waals surface area contributed by atoms with Crippen LogP contribution in [0.4, 0.5) is 0 Å². The number of piperidine rings is 1. The highest BCUT2D eigenvalue weighted by atomic mass is 16.2. The van der Waals surface area contributed by atoms with E-state index >= 15 is 0 Å². The minimum absolute atomic E-state index is 0.0326. The van der Waals surface area contributed by atoms with Gasteiger partial charge < -0.3 is 10.6 Å². The van der Waals surface area contributed by atoms with Crippen LogP contribution >= 0.6 is 0 Å². The highest BCUT2D eigenvalue weighted by molar-refractivity contribution is 5.91. The van der Waals surface area contributed by atoms with Crippen LogP contribution in [0.25, 0.3) is 0 Å². The Hall–Kier alpha value is -1.84. The minimum Gasteiger partial charge on any atom is -0.368 e. The van der Waals surface area contributed by atoms with Crippen molar-refractivity contribution >= 4 is 11.8 Å². The minimum atomic E-state index is -0.667. The second-order valence-corrected chi connectivity index (χ2v) is 6.71. The molecule has 0 aromatic heterocycles. The largest absolute Gasteiger partial charge is 0.368 e. The predicted molar refractivity (Wildman–Crippen MR) is 115 cm³/mol. The van der Waals surface area contributed by atoms with Crippen molar-refractivity contribution in [2.45, 2.75) is 79.7 Å². The molecular weight excluding hydrogens is 336 g/mol. The van der Waals surface area contributed by atoms with Crippen molar-refractivity contribution < 1.29 is 9.59 Å². The van der Waals surface area contributed by atoms with Crippen molar-refractivity contribution in [2.75, 3.05) is 6.54 Å². The maximum atomic E-state index is 13.0. The van der Waals surface area contributed by atoms with Gasteiger partial charge in [0.2, 0.25) is 11.8 Å². The lowest BCUT2D eigenvalue weighted by molar-refractivity contribution is -0.143. The zero-order valence-electron chi connectivity index (χ0n) is 18.3. The number of likely N-dealkylation sites (tertiary alicyclic amines) is 1. The number of primary amides is 1. The summed E-state index contributed by atoms with van der Waals surface area (Å²) in [6.07, 6.45) is 10.2. The van der Waals surface area contributed by atoms with Crippen molar-refractivity contribution in [3.8, 4) is 0 Å². The topological polar surface area (TPSA) is 63.4 Å². The molecule has 4 heteroatoms. The van der Waals surface area contributed by atoms with Crippen molar-refractivity contribution in [2.24, 2.45) is 17.6 Å². The van der Waals surface area contributed by atoms with Crippen molar-refractivity contribution in [1.82, 2.24) is 4.90 Å². The van der Waals surface area contributed by atoms with Gasteiger partial charge in [-0.3, -0.25) is 9.59 Å². The van der Waals surface area contributed by atoms with Crippen LogP contribution < -0.4 is 5.73 Å². The van der Waals surface area contributed by atoms with Gasteiger partial charge in [-0.05, 0) is 56.1 Å². The first kappa shape index (κ1) is 25.2. The second-order valence-electron chi connectivity index (χ2n) is 6.71. The van der Waals surface area contributed by atoms with Crippen LogP contribution in [0.15, 0.2) is 36.0 Å². The van der Waals surface area contributed by atoms with Crippen LogP contribution in [0.3, 0.4) is 0 Å². The highest BCUT2D eigenvalue weighted by Gasteiger charge is 2.39. The molecule has 1 saturated carbocycles. The Morgan fingerprint density at radius 1 is 1.11 bits per heavy atom. The van der Waals surface area contributed by atoms with E-state index in [1.54, 1.807) is 11.0 Å². The molecule has 0 spiro atoms. The molecule has 27 heavy (non-hydrogen) atoms. The lowest BCUT2D eigenvalue weighted by atomic mass is 9.81. The summed E-state index contributed by atoms with van der Waals surface area (Å²) in [4.78, 5) is 26.7. The Morgan fingerprint density at radius 2 is 1.67 bits per heavy atom. The van der Waals surface area contributed by atoms with Gasteiger partial charge in [-0.15, -0.1) is 0 Å². The molecule has 0 bridgehead atoms. The number of allylic oxidation sites excluding steroid dienone is 3. The fourth-order valence-electron chi connectivity index (χ4n) is 3.78. The van der Waals surface area contributed by atoms with Gasteiger partial charge in [-0.1, -0.05) is 59.4 Å². The van der Waals surface area contributed by atoms with Crippen LogP contribution in [0.5, 0.6) is 0 Å². The maximum Gasteiger partial charge on any atom is 0.244 e. The Morgan fingerprint density at radius 3 is 2.11 bits per heavy atom. The first-order chi connectivity index (χ1) is 13.0. The van der Waals surface area contributed by atoms with Crippen molar-refractivity contribution in [3.05, 3.63) is 36.0 Å². The molecule has 1 aliphatic carbocycles. The quantitative estimate of drug-likeness (QED) is 0.752. The third kappa shape index (κ3) is 6.67. The Kier molecular flexibility index (Phi) is 12.4. The van der Waals surface area contributed by atoms with Crippen LogP contribution in [0, 0.1) is 11.8 Å². The molecule has 4 nitrogen and oxygen atoms in total. The number of amides is 2. The summed E-state index contributed by atoms with van der Waals surface area (Å²) in [5.41, 5.74) is 7.55. The first-order valence-corrected chi connectivity index (χ1v) is 10.6. The van der Waals surface area contributed by atoms with E-state index < -0.39 is 11.9 Å². The lowest BCUT2D eigenvalue weighted by Gasteiger charge is -2.40. The number of nitrogens with zero attached hydrogens (tertiary/aromatic N) is 1. The summed E-state index contributed by atoms with van der Waals surface area (Å²) >= 11 is 0. The Balaban J connectivity index is 0.00000158. The molecule has 2 aliphatic rings. The fraction of sp³-hybridized carbons (Fsp3) is 0.652. The normalized spacial score (nSPS) is 27.8. The van der Waals surface area contributed by atoms with Crippen LogP contribution in [0.2, 0.25) is 0 Å². The van der Waals surface area contributed by atoms with Gasteiger partial charge in [0.1, 0.15) is 6.04 Å². The molecule has 1 aliphatic heterocycles. The summed E-state index contributed by atoms with van der Waals surface area (Å²) in [6, 6.07) is -0.667. The molecule has 0 aromatic rings. The van der Waals surface area contributed by atoms with Gasteiger partial charge >= 0.3 is 0 Å². The van der Waals surface area contributed by atoms with Gasteiger partial charge in [0.05, 0.1) is 0 Å². The molecule has 0 radical (unpaired) electrons. The van der Waals surface area contributed by atoms with E-state index in [0.717, 1.165) is 43.3 Å². The molecule has 1 unspecified atom stereocenters. The zero-order valence-corrected chi connectivity index (χ0v) is 18.3. The first-order valence-electron chi connectivity index (χ1n) is 10.6. The molecule has 2 amide bonds. The summed E-state index contributed by atoms with van der Waals surface area (Å²) in [6.45, 7) is 16.5. The lowest BCUT2D eigenvalue weighted by Crippen LogP contribution is -2.54. The third-order valence-corrected chi connectivity index (χ3v) is 5.16. The average molecular weight is 377 g/mol. The van der Waals surface area contributed by atoms with E-state index in [1.807, 2.05) is 46.8 Å². The summed E-state index contributed by atoms with van der Waals surface area (Å²) in [7, 11) is 0. The molecule has 1 heterocycles. The number of carbonyl (C=O) groups is 2. The van der Waals surface area contributed by atoms with Crippen molar-refractivity contribution in [3.63, 3.8) is 0 Å². The van der Waals surface area contributed by atoms with E-state index in [-0.39, 0.29) is 11.8 Å². The molecule has 1 atom stereocenters. The number of hydrogen-bond donors (Lipinski definition) is 1.